The van der Waals surface area contributed by atoms with Crippen molar-refractivity contribution in [3.63, 3.8) is 0 Å². The van der Waals surface area contributed by atoms with Crippen LogP contribution < -0.4 is 5.32 Å². The van der Waals surface area contributed by atoms with Crippen LogP contribution in [0.25, 0.3) is 0 Å². The molecule has 1 aliphatic rings. The second-order valence-corrected chi connectivity index (χ2v) is 6.12. The lowest BCUT2D eigenvalue weighted by Gasteiger charge is -2.40. The highest BCUT2D eigenvalue weighted by atomic mass is 32.2. The summed E-state index contributed by atoms with van der Waals surface area (Å²) in [7, 11) is 0. The molecule has 0 amide bonds. The Balaban J connectivity index is 2.29. The van der Waals surface area contributed by atoms with E-state index < -0.39 is 0 Å². The van der Waals surface area contributed by atoms with Crippen LogP contribution in [0.4, 0.5) is 0 Å². The van der Waals surface area contributed by atoms with Crippen molar-refractivity contribution in [1.29, 1.82) is 0 Å². The summed E-state index contributed by atoms with van der Waals surface area (Å²) in [6.45, 7) is 14.2. The highest BCUT2D eigenvalue weighted by Crippen LogP contribution is 2.13. The Morgan fingerprint density at radius 2 is 2.31 bits per heavy atom. The maximum atomic E-state index is 3.75. The molecule has 3 heteroatoms. The standard InChI is InChI=1S/C13H26N2S/c1-5-7-16-8-6-15-10-13(11(2)3)14-9-12(15)4/h5,11-14H,1,6-10H2,2-4H3. The first kappa shape index (κ1) is 14.1. The summed E-state index contributed by atoms with van der Waals surface area (Å²) in [5.74, 6) is 3.03. The average Bonchev–Trinajstić information content (AvgIpc) is 2.26. The molecule has 1 rings (SSSR count). The van der Waals surface area contributed by atoms with Crippen molar-refractivity contribution in [3.8, 4) is 0 Å². The summed E-state index contributed by atoms with van der Waals surface area (Å²) in [5, 5.41) is 3.64. The molecule has 1 N–H and O–H groups in total. The Morgan fingerprint density at radius 3 is 2.94 bits per heavy atom. The summed E-state index contributed by atoms with van der Waals surface area (Å²) in [4.78, 5) is 2.62. The Hall–Kier alpha value is 0.01000. The lowest BCUT2D eigenvalue weighted by Crippen LogP contribution is -2.57. The summed E-state index contributed by atoms with van der Waals surface area (Å²) in [5.41, 5.74) is 0. The molecule has 0 bridgehead atoms. The van der Waals surface area contributed by atoms with Crippen molar-refractivity contribution in [2.24, 2.45) is 5.92 Å². The fourth-order valence-corrected chi connectivity index (χ4v) is 2.75. The number of hydrogen-bond acceptors (Lipinski definition) is 3. The van der Waals surface area contributed by atoms with Crippen molar-refractivity contribution < 1.29 is 0 Å². The van der Waals surface area contributed by atoms with Gasteiger partial charge in [0, 0.05) is 43.2 Å². The van der Waals surface area contributed by atoms with E-state index in [0.717, 1.165) is 18.2 Å². The molecule has 0 radical (unpaired) electrons. The van der Waals surface area contributed by atoms with Crippen molar-refractivity contribution in [2.75, 3.05) is 31.1 Å². The van der Waals surface area contributed by atoms with Gasteiger partial charge in [-0.15, -0.1) is 6.58 Å². The van der Waals surface area contributed by atoms with Crippen LogP contribution in [0.2, 0.25) is 0 Å². The van der Waals surface area contributed by atoms with E-state index in [1.807, 2.05) is 17.8 Å². The summed E-state index contributed by atoms with van der Waals surface area (Å²) >= 11 is 1.98. The maximum absolute atomic E-state index is 3.75. The molecular formula is C13H26N2S. The van der Waals surface area contributed by atoms with Gasteiger partial charge in [0.15, 0.2) is 0 Å². The number of rotatable bonds is 6. The zero-order valence-corrected chi connectivity index (χ0v) is 11.7. The smallest absolute Gasteiger partial charge is 0.0218 e. The number of nitrogens with one attached hydrogen (secondary N) is 1. The molecule has 0 aromatic heterocycles. The minimum absolute atomic E-state index is 0.667. The molecule has 2 unspecified atom stereocenters. The SMILES string of the molecule is C=CCSCCN1CC(C(C)C)NCC1C. The van der Waals surface area contributed by atoms with Gasteiger partial charge < -0.3 is 5.32 Å². The molecule has 0 aromatic carbocycles. The molecule has 0 aliphatic carbocycles. The van der Waals surface area contributed by atoms with Gasteiger partial charge in [-0.1, -0.05) is 19.9 Å². The van der Waals surface area contributed by atoms with Crippen molar-refractivity contribution >= 4 is 11.8 Å². The molecule has 2 nitrogen and oxygen atoms in total. The highest BCUT2D eigenvalue weighted by Gasteiger charge is 2.25. The van der Waals surface area contributed by atoms with Crippen LogP contribution in [0.5, 0.6) is 0 Å². The second kappa shape index (κ2) is 7.36. The van der Waals surface area contributed by atoms with Crippen molar-refractivity contribution in [2.45, 2.75) is 32.9 Å². The Bertz CT molecular complexity index is 206. The van der Waals surface area contributed by atoms with E-state index in [1.54, 1.807) is 0 Å². The minimum atomic E-state index is 0.667. The number of nitrogens with zero attached hydrogens (tertiary/aromatic N) is 1. The number of hydrogen-bond donors (Lipinski definition) is 1. The fraction of sp³-hybridized carbons (Fsp3) is 0.846. The normalized spacial score (nSPS) is 27.2. The third-order valence-corrected chi connectivity index (χ3v) is 4.24. The van der Waals surface area contributed by atoms with Gasteiger partial charge in [0.05, 0.1) is 0 Å². The van der Waals surface area contributed by atoms with Crippen LogP contribution in [-0.4, -0.2) is 48.1 Å². The Labute approximate surface area is 105 Å². The van der Waals surface area contributed by atoms with Gasteiger partial charge in [0.25, 0.3) is 0 Å². The highest BCUT2D eigenvalue weighted by molar-refractivity contribution is 7.99. The topological polar surface area (TPSA) is 15.3 Å². The fourth-order valence-electron chi connectivity index (χ4n) is 2.05. The van der Waals surface area contributed by atoms with Gasteiger partial charge in [0.1, 0.15) is 0 Å². The van der Waals surface area contributed by atoms with Gasteiger partial charge in [0.2, 0.25) is 0 Å². The van der Waals surface area contributed by atoms with Gasteiger partial charge in [-0.3, -0.25) is 4.90 Å². The molecule has 1 aliphatic heterocycles. The monoisotopic (exact) mass is 242 g/mol. The van der Waals surface area contributed by atoms with E-state index in [-0.39, 0.29) is 0 Å². The van der Waals surface area contributed by atoms with Crippen LogP contribution in [0.15, 0.2) is 12.7 Å². The van der Waals surface area contributed by atoms with E-state index >= 15 is 0 Å². The molecule has 0 aromatic rings. The van der Waals surface area contributed by atoms with Crippen LogP contribution in [0, 0.1) is 5.92 Å². The summed E-state index contributed by atoms with van der Waals surface area (Å²) in [6, 6.07) is 1.35. The zero-order chi connectivity index (χ0) is 12.0. The van der Waals surface area contributed by atoms with E-state index in [0.29, 0.717) is 12.1 Å². The van der Waals surface area contributed by atoms with E-state index in [1.165, 1.54) is 18.8 Å². The zero-order valence-electron chi connectivity index (χ0n) is 10.9. The first-order valence-electron chi connectivity index (χ1n) is 6.31. The van der Waals surface area contributed by atoms with Crippen molar-refractivity contribution in [1.82, 2.24) is 10.2 Å². The molecule has 1 saturated heterocycles. The van der Waals surface area contributed by atoms with E-state index in [9.17, 15) is 0 Å². The molecule has 0 spiro atoms. The number of piperazine rings is 1. The minimum Gasteiger partial charge on any atom is -0.311 e. The quantitative estimate of drug-likeness (QED) is 0.568. The molecule has 2 atom stereocenters. The largest absolute Gasteiger partial charge is 0.311 e. The predicted molar refractivity (Wildman–Crippen MR) is 75.2 cm³/mol. The van der Waals surface area contributed by atoms with Crippen molar-refractivity contribution in [3.05, 3.63) is 12.7 Å². The summed E-state index contributed by atoms with van der Waals surface area (Å²) < 4.78 is 0. The van der Waals surface area contributed by atoms with E-state index in [4.69, 9.17) is 0 Å². The van der Waals surface area contributed by atoms with Gasteiger partial charge in [-0.05, 0) is 12.8 Å². The third kappa shape index (κ3) is 4.48. The average molecular weight is 242 g/mol. The Kier molecular flexibility index (Phi) is 6.47. The molecular weight excluding hydrogens is 216 g/mol. The van der Waals surface area contributed by atoms with E-state index in [2.05, 4.69) is 37.6 Å². The molecule has 0 saturated carbocycles. The molecule has 94 valence electrons. The first-order valence-corrected chi connectivity index (χ1v) is 7.46. The number of thioether (sulfide) groups is 1. The molecule has 1 heterocycles. The molecule has 1 fully saturated rings. The van der Waals surface area contributed by atoms with Crippen LogP contribution >= 0.6 is 11.8 Å². The summed E-state index contributed by atoms with van der Waals surface area (Å²) in [6.07, 6.45) is 1.99. The molecule has 16 heavy (non-hydrogen) atoms. The lowest BCUT2D eigenvalue weighted by atomic mass is 10.00. The third-order valence-electron chi connectivity index (χ3n) is 3.29. The first-order chi connectivity index (χ1) is 7.65. The van der Waals surface area contributed by atoms with Crippen LogP contribution in [0.1, 0.15) is 20.8 Å². The van der Waals surface area contributed by atoms with Crippen LogP contribution in [0.3, 0.4) is 0 Å². The lowest BCUT2D eigenvalue weighted by molar-refractivity contribution is 0.131. The van der Waals surface area contributed by atoms with Gasteiger partial charge in [-0.25, -0.2) is 0 Å². The Morgan fingerprint density at radius 1 is 1.56 bits per heavy atom. The van der Waals surface area contributed by atoms with Crippen LogP contribution in [-0.2, 0) is 0 Å². The van der Waals surface area contributed by atoms with Gasteiger partial charge >= 0.3 is 0 Å². The van der Waals surface area contributed by atoms with Gasteiger partial charge in [-0.2, -0.15) is 11.8 Å². The predicted octanol–water partition coefficient (Wildman–Crippen LogP) is 2.22. The maximum Gasteiger partial charge on any atom is 0.0218 e. The second-order valence-electron chi connectivity index (χ2n) is 4.97.